The zero-order valence-electron chi connectivity index (χ0n) is 20.7. The molecule has 0 bridgehead atoms. The number of benzene rings is 1. The molecule has 0 aromatic heterocycles. The summed E-state index contributed by atoms with van der Waals surface area (Å²) in [4.78, 5) is 29.7. The number of morpholine rings is 1. The van der Waals surface area contributed by atoms with Crippen molar-refractivity contribution in [2.24, 2.45) is 11.3 Å². The molecule has 2 saturated heterocycles. The second-order valence-corrected chi connectivity index (χ2v) is 12.2. The van der Waals surface area contributed by atoms with Crippen LogP contribution >= 0.6 is 0 Å². The van der Waals surface area contributed by atoms with E-state index in [0.29, 0.717) is 64.3 Å². The zero-order valence-corrected chi connectivity index (χ0v) is 21.6. The van der Waals surface area contributed by atoms with Gasteiger partial charge in [0.15, 0.2) is 0 Å². The molecule has 2 aliphatic rings. The van der Waals surface area contributed by atoms with Crippen molar-refractivity contribution >= 4 is 21.8 Å². The number of nitrogens with one attached hydrogen (secondary N) is 1. The molecule has 9 nitrogen and oxygen atoms in total. The molecule has 2 fully saturated rings. The smallest absolute Gasteiger partial charge is 0.253 e. The molecule has 2 heterocycles. The van der Waals surface area contributed by atoms with Crippen LogP contribution in [0, 0.1) is 11.3 Å². The topological polar surface area (TPSA) is 99.3 Å². The molecule has 0 saturated carbocycles. The highest BCUT2D eigenvalue weighted by atomic mass is 32.2. The average molecular weight is 495 g/mol. The van der Waals surface area contributed by atoms with Gasteiger partial charge >= 0.3 is 0 Å². The molecule has 34 heavy (non-hydrogen) atoms. The Bertz CT molecular complexity index is 965. The van der Waals surface area contributed by atoms with E-state index in [0.717, 1.165) is 6.54 Å². The Morgan fingerprint density at radius 3 is 2.38 bits per heavy atom. The van der Waals surface area contributed by atoms with Gasteiger partial charge in [0.2, 0.25) is 15.9 Å². The van der Waals surface area contributed by atoms with Gasteiger partial charge in [0, 0.05) is 50.7 Å². The Balaban J connectivity index is 1.56. The average Bonchev–Trinajstić information content (AvgIpc) is 2.82. The van der Waals surface area contributed by atoms with Crippen molar-refractivity contribution < 1.29 is 22.7 Å². The molecule has 10 heteroatoms. The summed E-state index contributed by atoms with van der Waals surface area (Å²) in [5.74, 6) is -0.283. The number of piperidine rings is 1. The highest BCUT2D eigenvalue weighted by Crippen LogP contribution is 2.23. The molecule has 0 aliphatic carbocycles. The molecule has 1 aromatic carbocycles. The van der Waals surface area contributed by atoms with Gasteiger partial charge in [0.1, 0.15) is 0 Å². The van der Waals surface area contributed by atoms with Crippen LogP contribution in [0.5, 0.6) is 0 Å². The largest absolute Gasteiger partial charge is 0.379 e. The van der Waals surface area contributed by atoms with Gasteiger partial charge in [0.05, 0.1) is 18.1 Å². The lowest BCUT2D eigenvalue weighted by molar-refractivity contribution is -0.126. The fourth-order valence-electron chi connectivity index (χ4n) is 4.64. The molecule has 0 spiro atoms. The lowest BCUT2D eigenvalue weighted by atomic mass is 9.91. The number of carbonyl (C=O) groups excluding carboxylic acids is 2. The first-order chi connectivity index (χ1) is 16.0. The first-order valence-corrected chi connectivity index (χ1v) is 13.3. The molecule has 2 amide bonds. The highest BCUT2D eigenvalue weighted by molar-refractivity contribution is 7.89. The Morgan fingerprint density at radius 1 is 1.12 bits per heavy atom. The van der Waals surface area contributed by atoms with E-state index in [1.165, 1.54) is 16.4 Å². The van der Waals surface area contributed by atoms with Gasteiger partial charge in [-0.1, -0.05) is 19.9 Å². The third-order valence-corrected chi connectivity index (χ3v) is 8.22. The van der Waals surface area contributed by atoms with E-state index in [2.05, 4.69) is 24.1 Å². The summed E-state index contributed by atoms with van der Waals surface area (Å²) in [6, 6.07) is 6.23. The number of amides is 2. The summed E-state index contributed by atoms with van der Waals surface area (Å²) in [5, 5.41) is 3.08. The van der Waals surface area contributed by atoms with E-state index in [-0.39, 0.29) is 28.0 Å². The van der Waals surface area contributed by atoms with E-state index in [4.69, 9.17) is 4.74 Å². The Labute approximate surface area is 203 Å². The number of carbonyl (C=O) groups is 2. The molecule has 1 aromatic rings. The predicted octanol–water partition coefficient (Wildman–Crippen LogP) is 1.26. The predicted molar refractivity (Wildman–Crippen MR) is 130 cm³/mol. The summed E-state index contributed by atoms with van der Waals surface area (Å²) in [7, 11) is 0.367. The van der Waals surface area contributed by atoms with Crippen LogP contribution in [-0.4, -0.2) is 101 Å². The van der Waals surface area contributed by atoms with Crippen molar-refractivity contribution in [1.29, 1.82) is 0 Å². The Morgan fingerprint density at radius 2 is 1.76 bits per heavy atom. The van der Waals surface area contributed by atoms with E-state index in [1.807, 2.05) is 14.1 Å². The molecule has 1 N–H and O–H groups in total. The molecule has 0 radical (unpaired) electrons. The number of ether oxygens (including phenoxy) is 1. The van der Waals surface area contributed by atoms with Crippen LogP contribution in [0.2, 0.25) is 0 Å². The van der Waals surface area contributed by atoms with E-state index in [9.17, 15) is 18.0 Å². The summed E-state index contributed by atoms with van der Waals surface area (Å²) in [6.45, 7) is 8.03. The summed E-state index contributed by atoms with van der Waals surface area (Å²) in [6.07, 6.45) is 1.19. The summed E-state index contributed by atoms with van der Waals surface area (Å²) >= 11 is 0. The van der Waals surface area contributed by atoms with Crippen LogP contribution in [-0.2, 0) is 19.6 Å². The maximum absolute atomic E-state index is 13.1. The van der Waals surface area contributed by atoms with Crippen molar-refractivity contribution in [2.45, 2.75) is 31.6 Å². The van der Waals surface area contributed by atoms with Crippen LogP contribution in [0.4, 0.5) is 0 Å². The van der Waals surface area contributed by atoms with Crippen molar-refractivity contribution in [3.8, 4) is 0 Å². The number of hydrogen-bond donors (Lipinski definition) is 1. The fraction of sp³-hybridized carbons (Fsp3) is 0.667. The quantitative estimate of drug-likeness (QED) is 0.584. The third-order valence-electron chi connectivity index (χ3n) is 6.33. The van der Waals surface area contributed by atoms with Gasteiger partial charge < -0.3 is 19.9 Å². The first kappa shape index (κ1) is 26.6. The van der Waals surface area contributed by atoms with Gasteiger partial charge in [-0.2, -0.15) is 4.31 Å². The van der Waals surface area contributed by atoms with E-state index in [1.54, 1.807) is 17.0 Å². The normalized spacial score (nSPS) is 18.8. The second-order valence-electron chi connectivity index (χ2n) is 10.2. The van der Waals surface area contributed by atoms with Crippen LogP contribution in [0.15, 0.2) is 29.2 Å². The first-order valence-electron chi connectivity index (χ1n) is 11.9. The molecular formula is C24H38N4O5S. The monoisotopic (exact) mass is 494 g/mol. The standard InChI is InChI=1S/C24H38N4O5S/c1-24(2,18-26(3)4)17-25-22(29)19-8-10-27(11-9-19)23(30)20-6-5-7-21(16-20)34(31,32)28-12-14-33-15-13-28/h5-7,16,19H,8-15,17-18H2,1-4H3,(H,25,29). The summed E-state index contributed by atoms with van der Waals surface area (Å²) in [5.41, 5.74) is 0.324. The molecule has 2 aliphatic heterocycles. The number of likely N-dealkylation sites (tertiary alicyclic amines) is 1. The number of hydrogen-bond acceptors (Lipinski definition) is 6. The van der Waals surface area contributed by atoms with Gasteiger partial charge in [-0.3, -0.25) is 9.59 Å². The lowest BCUT2D eigenvalue weighted by Gasteiger charge is -2.33. The molecule has 190 valence electrons. The summed E-state index contributed by atoms with van der Waals surface area (Å²) < 4.78 is 32.5. The SMILES string of the molecule is CN(C)CC(C)(C)CNC(=O)C1CCN(C(=O)c2cccc(S(=O)(=O)N3CCOCC3)c2)CC1. The fourth-order valence-corrected chi connectivity index (χ4v) is 6.09. The van der Waals surface area contributed by atoms with E-state index < -0.39 is 10.0 Å². The lowest BCUT2D eigenvalue weighted by Crippen LogP contribution is -2.46. The van der Waals surface area contributed by atoms with Crippen molar-refractivity contribution in [3.05, 3.63) is 29.8 Å². The Hall–Kier alpha value is -2.01. The van der Waals surface area contributed by atoms with E-state index >= 15 is 0 Å². The second kappa shape index (κ2) is 11.2. The van der Waals surface area contributed by atoms with Gasteiger partial charge in [0.25, 0.3) is 5.91 Å². The number of sulfonamides is 1. The van der Waals surface area contributed by atoms with Gasteiger partial charge in [-0.15, -0.1) is 0 Å². The minimum absolute atomic E-state index is 0.0254. The van der Waals surface area contributed by atoms with Gasteiger partial charge in [-0.05, 0) is 50.6 Å². The van der Waals surface area contributed by atoms with Crippen molar-refractivity contribution in [3.63, 3.8) is 0 Å². The van der Waals surface area contributed by atoms with Crippen LogP contribution < -0.4 is 5.32 Å². The highest BCUT2D eigenvalue weighted by Gasteiger charge is 2.31. The van der Waals surface area contributed by atoms with Crippen LogP contribution in [0.1, 0.15) is 37.0 Å². The molecule has 3 rings (SSSR count). The van der Waals surface area contributed by atoms with Crippen LogP contribution in [0.25, 0.3) is 0 Å². The third kappa shape index (κ3) is 6.78. The maximum atomic E-state index is 13.1. The van der Waals surface area contributed by atoms with Gasteiger partial charge in [-0.25, -0.2) is 8.42 Å². The zero-order chi connectivity index (χ0) is 24.9. The molecule has 0 unspecified atom stereocenters. The minimum atomic E-state index is -3.67. The Kier molecular flexibility index (Phi) is 8.72. The van der Waals surface area contributed by atoms with Crippen molar-refractivity contribution in [2.75, 3.05) is 66.6 Å². The minimum Gasteiger partial charge on any atom is -0.379 e. The molecular weight excluding hydrogens is 456 g/mol. The molecule has 0 atom stereocenters. The van der Waals surface area contributed by atoms with Crippen LogP contribution in [0.3, 0.4) is 0 Å². The number of nitrogens with zero attached hydrogens (tertiary/aromatic N) is 3. The van der Waals surface area contributed by atoms with Crippen molar-refractivity contribution in [1.82, 2.24) is 19.4 Å². The maximum Gasteiger partial charge on any atom is 0.253 e. The number of rotatable bonds is 8.